The maximum Gasteiger partial charge on any atom is 0.190 e. The third-order valence-electron chi connectivity index (χ3n) is 4.64. The van der Waals surface area contributed by atoms with Crippen LogP contribution in [0.25, 0.3) is 0 Å². The Morgan fingerprint density at radius 1 is 1.44 bits per heavy atom. The van der Waals surface area contributed by atoms with Crippen molar-refractivity contribution in [3.63, 3.8) is 0 Å². The lowest BCUT2D eigenvalue weighted by Crippen LogP contribution is -2.46. The van der Waals surface area contributed by atoms with E-state index in [1.54, 1.807) is 6.26 Å². The van der Waals surface area contributed by atoms with Gasteiger partial charge in [-0.25, -0.2) is 0 Å². The Labute approximate surface area is 152 Å². The SMILES string of the molecule is CN=C(NCCCOCc1ccco1)NCC1CCCN(C(C)C)C1. The van der Waals surface area contributed by atoms with Crippen molar-refractivity contribution < 1.29 is 9.15 Å². The molecular formula is C19H34N4O2. The standard InChI is InChI=1S/C19H34N4O2/c1-16(2)23-10-4-7-17(14-23)13-22-19(20-3)21-9-6-11-24-15-18-8-5-12-25-18/h5,8,12,16-17H,4,6-7,9-11,13-15H2,1-3H3,(H2,20,21,22). The summed E-state index contributed by atoms with van der Waals surface area (Å²) in [6.07, 6.45) is 5.20. The molecule has 0 bridgehead atoms. The van der Waals surface area contributed by atoms with Gasteiger partial charge < -0.3 is 24.7 Å². The quantitative estimate of drug-likeness (QED) is 0.407. The van der Waals surface area contributed by atoms with Crippen LogP contribution in [0.4, 0.5) is 0 Å². The molecular weight excluding hydrogens is 316 g/mol. The van der Waals surface area contributed by atoms with E-state index in [0.29, 0.717) is 25.2 Å². The number of hydrogen-bond acceptors (Lipinski definition) is 4. The van der Waals surface area contributed by atoms with Gasteiger partial charge in [0, 0.05) is 39.3 Å². The van der Waals surface area contributed by atoms with Crippen LogP contribution in [0.2, 0.25) is 0 Å². The topological polar surface area (TPSA) is 62.0 Å². The molecule has 0 saturated carbocycles. The molecule has 1 atom stereocenters. The Balaban J connectivity index is 1.54. The number of hydrogen-bond donors (Lipinski definition) is 2. The monoisotopic (exact) mass is 350 g/mol. The summed E-state index contributed by atoms with van der Waals surface area (Å²) in [6.45, 7) is 10.1. The maximum absolute atomic E-state index is 5.58. The van der Waals surface area contributed by atoms with Gasteiger partial charge in [-0.15, -0.1) is 0 Å². The number of nitrogens with one attached hydrogen (secondary N) is 2. The van der Waals surface area contributed by atoms with Crippen LogP contribution in [0.15, 0.2) is 27.8 Å². The van der Waals surface area contributed by atoms with Crippen molar-refractivity contribution in [2.75, 3.05) is 39.8 Å². The third-order valence-corrected chi connectivity index (χ3v) is 4.64. The Bertz CT molecular complexity index is 488. The van der Waals surface area contributed by atoms with Gasteiger partial charge in [0.1, 0.15) is 12.4 Å². The molecule has 1 aromatic heterocycles. The van der Waals surface area contributed by atoms with Crippen molar-refractivity contribution in [2.24, 2.45) is 10.9 Å². The van der Waals surface area contributed by atoms with Gasteiger partial charge in [0.2, 0.25) is 0 Å². The van der Waals surface area contributed by atoms with Crippen molar-refractivity contribution in [3.05, 3.63) is 24.2 Å². The summed E-state index contributed by atoms with van der Waals surface area (Å²) in [6, 6.07) is 4.44. The molecule has 1 aliphatic heterocycles. The maximum atomic E-state index is 5.58. The molecule has 1 unspecified atom stereocenters. The molecule has 2 rings (SSSR count). The molecule has 1 fully saturated rings. The van der Waals surface area contributed by atoms with Crippen LogP contribution in [0.3, 0.4) is 0 Å². The molecule has 1 aliphatic rings. The first-order chi connectivity index (χ1) is 12.2. The second-order valence-electron chi connectivity index (χ2n) is 6.96. The fourth-order valence-electron chi connectivity index (χ4n) is 3.14. The summed E-state index contributed by atoms with van der Waals surface area (Å²) in [4.78, 5) is 6.88. The van der Waals surface area contributed by atoms with Gasteiger partial charge in [-0.05, 0) is 57.7 Å². The van der Waals surface area contributed by atoms with Crippen LogP contribution >= 0.6 is 0 Å². The van der Waals surface area contributed by atoms with Gasteiger partial charge in [-0.1, -0.05) is 0 Å². The van der Waals surface area contributed by atoms with E-state index in [4.69, 9.17) is 9.15 Å². The van der Waals surface area contributed by atoms with Crippen LogP contribution in [0.1, 0.15) is 38.9 Å². The average molecular weight is 351 g/mol. The third kappa shape index (κ3) is 7.48. The number of ether oxygens (including phenoxy) is 1. The van der Waals surface area contributed by atoms with Crippen LogP contribution in [-0.4, -0.2) is 56.7 Å². The van der Waals surface area contributed by atoms with E-state index in [2.05, 4.69) is 34.4 Å². The van der Waals surface area contributed by atoms with Crippen LogP contribution in [0.5, 0.6) is 0 Å². The summed E-state index contributed by atoms with van der Waals surface area (Å²) in [5, 5.41) is 6.83. The molecule has 6 nitrogen and oxygen atoms in total. The van der Waals surface area contributed by atoms with Crippen LogP contribution in [-0.2, 0) is 11.3 Å². The fraction of sp³-hybridized carbons (Fsp3) is 0.737. The summed E-state index contributed by atoms with van der Waals surface area (Å²) in [5.41, 5.74) is 0. The highest BCUT2D eigenvalue weighted by Gasteiger charge is 2.21. The number of likely N-dealkylation sites (tertiary alicyclic amines) is 1. The normalized spacial score (nSPS) is 19.4. The lowest BCUT2D eigenvalue weighted by molar-refractivity contribution is 0.105. The van der Waals surface area contributed by atoms with E-state index in [-0.39, 0.29) is 0 Å². The van der Waals surface area contributed by atoms with Gasteiger partial charge in [0.05, 0.1) is 6.26 Å². The Kier molecular flexibility index (Phi) is 8.83. The van der Waals surface area contributed by atoms with E-state index < -0.39 is 0 Å². The van der Waals surface area contributed by atoms with Gasteiger partial charge in [-0.3, -0.25) is 4.99 Å². The first-order valence-corrected chi connectivity index (χ1v) is 9.47. The molecule has 0 radical (unpaired) electrons. The van der Waals surface area contributed by atoms with Crippen molar-refractivity contribution in [2.45, 2.75) is 45.8 Å². The van der Waals surface area contributed by atoms with Crippen molar-refractivity contribution in [1.82, 2.24) is 15.5 Å². The Hall–Kier alpha value is -1.53. The Morgan fingerprint density at radius 3 is 3.04 bits per heavy atom. The molecule has 0 spiro atoms. The van der Waals surface area contributed by atoms with E-state index >= 15 is 0 Å². The molecule has 0 aliphatic carbocycles. The number of rotatable bonds is 9. The molecule has 25 heavy (non-hydrogen) atoms. The van der Waals surface area contributed by atoms with Gasteiger partial charge in [-0.2, -0.15) is 0 Å². The molecule has 0 aromatic carbocycles. The Morgan fingerprint density at radius 2 is 2.32 bits per heavy atom. The lowest BCUT2D eigenvalue weighted by Gasteiger charge is -2.35. The van der Waals surface area contributed by atoms with Crippen molar-refractivity contribution in [1.29, 1.82) is 0 Å². The molecule has 6 heteroatoms. The summed E-state index contributed by atoms with van der Waals surface area (Å²) >= 11 is 0. The second-order valence-corrected chi connectivity index (χ2v) is 6.96. The molecule has 2 N–H and O–H groups in total. The van der Waals surface area contributed by atoms with E-state index in [9.17, 15) is 0 Å². The minimum absolute atomic E-state index is 0.536. The summed E-state index contributed by atoms with van der Waals surface area (Å²) < 4.78 is 10.8. The molecule has 1 aromatic rings. The smallest absolute Gasteiger partial charge is 0.190 e. The van der Waals surface area contributed by atoms with Crippen LogP contribution in [0, 0.1) is 5.92 Å². The van der Waals surface area contributed by atoms with E-state index in [0.717, 1.165) is 31.2 Å². The zero-order chi connectivity index (χ0) is 17.9. The van der Waals surface area contributed by atoms with Gasteiger partial charge >= 0.3 is 0 Å². The highest BCUT2D eigenvalue weighted by molar-refractivity contribution is 5.79. The zero-order valence-electron chi connectivity index (χ0n) is 16.0. The minimum atomic E-state index is 0.536. The molecule has 0 amide bonds. The number of furan rings is 1. The lowest BCUT2D eigenvalue weighted by atomic mass is 9.97. The first kappa shape index (κ1) is 19.8. The van der Waals surface area contributed by atoms with E-state index in [1.165, 1.54) is 25.9 Å². The van der Waals surface area contributed by atoms with Gasteiger partial charge in [0.25, 0.3) is 0 Å². The number of aliphatic imine (C=N–C) groups is 1. The predicted octanol–water partition coefficient (Wildman–Crippen LogP) is 2.47. The molecule has 1 saturated heterocycles. The predicted molar refractivity (Wildman–Crippen MR) is 102 cm³/mol. The minimum Gasteiger partial charge on any atom is -0.467 e. The second kappa shape index (κ2) is 11.2. The fourth-order valence-corrected chi connectivity index (χ4v) is 3.14. The summed E-state index contributed by atoms with van der Waals surface area (Å²) in [7, 11) is 1.82. The highest BCUT2D eigenvalue weighted by Crippen LogP contribution is 2.17. The van der Waals surface area contributed by atoms with Gasteiger partial charge in [0.15, 0.2) is 5.96 Å². The number of nitrogens with zero attached hydrogens (tertiary/aromatic N) is 2. The first-order valence-electron chi connectivity index (χ1n) is 9.47. The highest BCUT2D eigenvalue weighted by atomic mass is 16.5. The van der Waals surface area contributed by atoms with E-state index in [1.807, 2.05) is 19.2 Å². The number of guanidine groups is 1. The molecule has 142 valence electrons. The largest absolute Gasteiger partial charge is 0.467 e. The molecule has 2 heterocycles. The van der Waals surface area contributed by atoms with Crippen molar-refractivity contribution >= 4 is 5.96 Å². The zero-order valence-corrected chi connectivity index (χ0v) is 16.0. The van der Waals surface area contributed by atoms with Crippen LogP contribution < -0.4 is 10.6 Å². The average Bonchev–Trinajstić information content (AvgIpc) is 3.14. The van der Waals surface area contributed by atoms with Crippen molar-refractivity contribution in [3.8, 4) is 0 Å². The summed E-state index contributed by atoms with van der Waals surface area (Å²) in [5.74, 6) is 2.45. The number of piperidine rings is 1.